The van der Waals surface area contributed by atoms with Crippen molar-refractivity contribution in [2.24, 2.45) is 0 Å². The standard InChI is InChI=1S/C23H31N5O5S2/c1-3-33-21(30)19-15(2)24-22(35-19)25-18(29)14-34-20-16-6-4-5-7-17(16)28(23(31)26-20)9-8-27-10-12-32-13-11-27/h3-14H2,1-2H3,(H,24,25,29). The van der Waals surface area contributed by atoms with Gasteiger partial charge in [0.25, 0.3) is 0 Å². The predicted octanol–water partition coefficient (Wildman–Crippen LogP) is 2.13. The number of hydrogen-bond acceptors (Lipinski definition) is 10. The van der Waals surface area contributed by atoms with Crippen LogP contribution < -0.4 is 11.0 Å². The molecule has 4 rings (SSSR count). The van der Waals surface area contributed by atoms with Crippen molar-refractivity contribution in [3.05, 3.63) is 32.3 Å². The number of fused-ring (bicyclic) bond motifs is 1. The van der Waals surface area contributed by atoms with Crippen molar-refractivity contribution in [1.82, 2.24) is 19.4 Å². The minimum absolute atomic E-state index is 0.101. The number of carbonyl (C=O) groups is 2. The second-order valence-electron chi connectivity index (χ2n) is 8.43. The number of nitrogens with zero attached hydrogens (tertiary/aromatic N) is 4. The van der Waals surface area contributed by atoms with E-state index in [-0.39, 0.29) is 24.0 Å². The Morgan fingerprint density at radius 2 is 1.94 bits per heavy atom. The van der Waals surface area contributed by atoms with Crippen LogP contribution in [0, 0.1) is 6.92 Å². The Morgan fingerprint density at radius 3 is 2.71 bits per heavy atom. The van der Waals surface area contributed by atoms with E-state index in [2.05, 4.69) is 20.2 Å². The maximum absolute atomic E-state index is 12.9. The summed E-state index contributed by atoms with van der Waals surface area (Å²) in [6.45, 7) is 8.36. The molecule has 0 bridgehead atoms. The maximum Gasteiger partial charge on any atom is 0.350 e. The van der Waals surface area contributed by atoms with E-state index in [4.69, 9.17) is 9.47 Å². The van der Waals surface area contributed by atoms with Crippen LogP contribution in [0.15, 0.2) is 9.82 Å². The molecule has 0 radical (unpaired) electrons. The van der Waals surface area contributed by atoms with E-state index >= 15 is 0 Å². The first kappa shape index (κ1) is 25.8. The van der Waals surface area contributed by atoms with Gasteiger partial charge in [0.05, 0.1) is 31.3 Å². The lowest BCUT2D eigenvalue weighted by atomic mass is 9.97. The van der Waals surface area contributed by atoms with Gasteiger partial charge < -0.3 is 14.8 Å². The summed E-state index contributed by atoms with van der Waals surface area (Å²) in [5, 5.41) is 3.74. The second kappa shape index (κ2) is 12.1. The Morgan fingerprint density at radius 1 is 1.17 bits per heavy atom. The summed E-state index contributed by atoms with van der Waals surface area (Å²) in [6.07, 6.45) is 3.81. The number of nitrogens with one attached hydrogen (secondary N) is 1. The van der Waals surface area contributed by atoms with E-state index in [1.807, 2.05) is 4.57 Å². The van der Waals surface area contributed by atoms with Gasteiger partial charge in [0.1, 0.15) is 9.90 Å². The molecule has 0 spiro atoms. The lowest BCUT2D eigenvalue weighted by molar-refractivity contribution is -0.113. The molecule has 2 aromatic rings. The molecular formula is C23H31N5O5S2. The van der Waals surface area contributed by atoms with Gasteiger partial charge in [0.15, 0.2) is 5.13 Å². The molecule has 35 heavy (non-hydrogen) atoms. The van der Waals surface area contributed by atoms with Crippen molar-refractivity contribution in [2.45, 2.75) is 51.1 Å². The molecule has 0 atom stereocenters. The number of morpholine rings is 1. The molecule has 1 aliphatic heterocycles. The fraction of sp³-hybridized carbons (Fsp3) is 0.609. The molecule has 1 amide bonds. The van der Waals surface area contributed by atoms with E-state index in [1.165, 1.54) is 11.8 Å². The van der Waals surface area contributed by atoms with Gasteiger partial charge >= 0.3 is 11.7 Å². The lowest BCUT2D eigenvalue weighted by Crippen LogP contribution is -2.40. The SMILES string of the molecule is CCOC(=O)c1sc(NC(=O)CSc2nc(=O)n(CCN3CCOCC3)c3c2CCCC3)nc1C. The smallest absolute Gasteiger partial charge is 0.350 e. The van der Waals surface area contributed by atoms with Gasteiger partial charge in [-0.05, 0) is 39.5 Å². The highest BCUT2D eigenvalue weighted by atomic mass is 32.2. The van der Waals surface area contributed by atoms with Crippen LogP contribution in [0.25, 0.3) is 0 Å². The van der Waals surface area contributed by atoms with E-state index in [9.17, 15) is 14.4 Å². The zero-order valence-corrected chi connectivity index (χ0v) is 21.8. The first-order valence-electron chi connectivity index (χ1n) is 12.0. The lowest BCUT2D eigenvalue weighted by Gasteiger charge is -2.28. The van der Waals surface area contributed by atoms with Gasteiger partial charge in [-0.2, -0.15) is 4.98 Å². The van der Waals surface area contributed by atoms with Crippen LogP contribution >= 0.6 is 23.1 Å². The zero-order valence-electron chi connectivity index (χ0n) is 20.1. The number of thiazole rings is 1. The maximum atomic E-state index is 12.9. The molecule has 2 aromatic heterocycles. The summed E-state index contributed by atoms with van der Waals surface area (Å²) in [5.74, 6) is -0.603. The van der Waals surface area contributed by atoms with Crippen molar-refractivity contribution in [2.75, 3.05) is 50.5 Å². The fourth-order valence-corrected chi connectivity index (χ4v) is 6.04. The first-order valence-corrected chi connectivity index (χ1v) is 13.8. The number of esters is 1. The van der Waals surface area contributed by atoms with Gasteiger partial charge in [-0.1, -0.05) is 23.1 Å². The molecule has 2 aliphatic rings. The molecule has 1 aliphatic carbocycles. The molecule has 1 saturated heterocycles. The highest BCUT2D eigenvalue weighted by Gasteiger charge is 2.22. The first-order chi connectivity index (χ1) is 17.0. The molecule has 10 nitrogen and oxygen atoms in total. The number of hydrogen-bond donors (Lipinski definition) is 1. The van der Waals surface area contributed by atoms with Crippen LogP contribution in [0.5, 0.6) is 0 Å². The number of amides is 1. The van der Waals surface area contributed by atoms with Crippen LogP contribution in [0.2, 0.25) is 0 Å². The quantitative estimate of drug-likeness (QED) is 0.301. The Labute approximate surface area is 212 Å². The van der Waals surface area contributed by atoms with Gasteiger partial charge in [0, 0.05) is 37.4 Å². The highest BCUT2D eigenvalue weighted by molar-refractivity contribution is 8.00. The number of anilines is 1. The van der Waals surface area contributed by atoms with E-state index in [0.717, 1.165) is 81.1 Å². The number of ether oxygens (including phenoxy) is 2. The van der Waals surface area contributed by atoms with Crippen LogP contribution in [0.4, 0.5) is 5.13 Å². The summed E-state index contributed by atoms with van der Waals surface area (Å²) in [7, 11) is 0. The van der Waals surface area contributed by atoms with E-state index in [1.54, 1.807) is 13.8 Å². The van der Waals surface area contributed by atoms with Crippen molar-refractivity contribution >= 4 is 40.1 Å². The third kappa shape index (κ3) is 6.49. The normalized spacial score (nSPS) is 16.1. The third-order valence-corrected chi connectivity index (χ3v) is 8.11. The number of thioether (sulfide) groups is 1. The van der Waals surface area contributed by atoms with Crippen molar-refractivity contribution < 1.29 is 19.1 Å². The number of aryl methyl sites for hydroxylation is 1. The minimum atomic E-state index is -0.442. The fourth-order valence-electron chi connectivity index (χ4n) is 4.29. The monoisotopic (exact) mass is 521 g/mol. The highest BCUT2D eigenvalue weighted by Crippen LogP contribution is 2.29. The summed E-state index contributed by atoms with van der Waals surface area (Å²) >= 11 is 2.37. The summed E-state index contributed by atoms with van der Waals surface area (Å²) in [5.41, 5.74) is 2.41. The van der Waals surface area contributed by atoms with Crippen LogP contribution in [0.1, 0.15) is 46.4 Å². The second-order valence-corrected chi connectivity index (χ2v) is 10.4. The predicted molar refractivity (Wildman–Crippen MR) is 135 cm³/mol. The van der Waals surface area contributed by atoms with Crippen LogP contribution in [-0.2, 0) is 33.7 Å². The van der Waals surface area contributed by atoms with Crippen molar-refractivity contribution in [1.29, 1.82) is 0 Å². The zero-order chi connectivity index (χ0) is 24.8. The van der Waals surface area contributed by atoms with Gasteiger partial charge in [-0.3, -0.25) is 14.3 Å². The molecule has 1 fully saturated rings. The average molecular weight is 522 g/mol. The van der Waals surface area contributed by atoms with E-state index in [0.29, 0.717) is 27.3 Å². The summed E-state index contributed by atoms with van der Waals surface area (Å²) < 4.78 is 12.3. The Kier molecular flexibility index (Phi) is 8.93. The van der Waals surface area contributed by atoms with Crippen molar-refractivity contribution in [3.63, 3.8) is 0 Å². The average Bonchev–Trinajstić information content (AvgIpc) is 3.22. The van der Waals surface area contributed by atoms with Gasteiger partial charge in [-0.25, -0.2) is 14.6 Å². The Balaban J connectivity index is 1.41. The molecule has 0 aromatic carbocycles. The minimum Gasteiger partial charge on any atom is -0.462 e. The van der Waals surface area contributed by atoms with E-state index < -0.39 is 5.97 Å². The molecule has 0 unspecified atom stereocenters. The number of carbonyl (C=O) groups excluding carboxylic acids is 2. The third-order valence-electron chi connectivity index (χ3n) is 6.04. The largest absolute Gasteiger partial charge is 0.462 e. The van der Waals surface area contributed by atoms with Crippen molar-refractivity contribution in [3.8, 4) is 0 Å². The van der Waals surface area contributed by atoms with Crippen LogP contribution in [-0.4, -0.2) is 76.5 Å². The number of rotatable bonds is 9. The molecule has 3 heterocycles. The van der Waals surface area contributed by atoms with Gasteiger partial charge in [0.2, 0.25) is 5.91 Å². The Bertz CT molecular complexity index is 1130. The Hall–Kier alpha value is -2.28. The molecule has 190 valence electrons. The van der Waals surface area contributed by atoms with Gasteiger partial charge in [-0.15, -0.1) is 0 Å². The molecule has 12 heteroatoms. The summed E-state index contributed by atoms with van der Waals surface area (Å²) in [4.78, 5) is 48.8. The number of aromatic nitrogens is 3. The topological polar surface area (TPSA) is 116 Å². The summed E-state index contributed by atoms with van der Waals surface area (Å²) in [6, 6.07) is 0. The molecule has 1 N–H and O–H groups in total. The molecular weight excluding hydrogens is 490 g/mol. The van der Waals surface area contributed by atoms with Crippen LogP contribution in [0.3, 0.4) is 0 Å². The molecule has 0 saturated carbocycles.